The highest BCUT2D eigenvalue weighted by molar-refractivity contribution is 7.91. The van der Waals surface area contributed by atoms with E-state index in [0.29, 0.717) is 37.1 Å². The molecule has 1 fully saturated rings. The number of fused-ring (bicyclic) bond motifs is 1. The highest BCUT2D eigenvalue weighted by Gasteiger charge is 2.29. The second-order valence-electron chi connectivity index (χ2n) is 8.95. The number of nitrogens with zero attached hydrogens (tertiary/aromatic N) is 1. The highest BCUT2D eigenvalue weighted by atomic mass is 32.2. The normalized spacial score (nSPS) is 16.8. The molecule has 3 heterocycles. The Morgan fingerprint density at radius 2 is 1.89 bits per heavy atom. The van der Waals surface area contributed by atoms with Crippen molar-refractivity contribution in [1.82, 2.24) is 14.9 Å². The van der Waals surface area contributed by atoms with E-state index in [1.165, 1.54) is 16.9 Å². The summed E-state index contributed by atoms with van der Waals surface area (Å²) in [6.45, 7) is 3.88. The topological polar surface area (TPSA) is 95.1 Å². The molecule has 1 saturated heterocycles. The number of methoxy groups -OCH3 is 1. The number of benzene rings is 2. The summed E-state index contributed by atoms with van der Waals surface area (Å²) in [5, 5.41) is 6.56. The van der Waals surface area contributed by atoms with Crippen LogP contribution in [0.4, 0.5) is 0 Å². The summed E-state index contributed by atoms with van der Waals surface area (Å²) >= 11 is 0.284. The fraction of sp³-hybridized carbons (Fsp3) is 0.370. The van der Waals surface area contributed by atoms with Crippen molar-refractivity contribution in [3.8, 4) is 17.2 Å². The summed E-state index contributed by atoms with van der Waals surface area (Å²) in [4.78, 5) is 13.4. The van der Waals surface area contributed by atoms with Gasteiger partial charge >= 0.3 is 0 Å². The lowest BCUT2D eigenvalue weighted by atomic mass is 10.1. The average Bonchev–Trinajstić information content (AvgIpc) is 3.43. The van der Waals surface area contributed by atoms with Gasteiger partial charge in [-0.15, -0.1) is 4.31 Å². The quantitative estimate of drug-likeness (QED) is 0.399. The van der Waals surface area contributed by atoms with Gasteiger partial charge in [-0.3, -0.25) is 4.79 Å². The lowest BCUT2D eigenvalue weighted by Crippen LogP contribution is -2.44. The number of amides is 1. The van der Waals surface area contributed by atoms with Gasteiger partial charge in [-0.05, 0) is 54.8 Å². The van der Waals surface area contributed by atoms with Crippen LogP contribution in [0, 0.1) is 0 Å². The minimum atomic E-state index is -1.20. The van der Waals surface area contributed by atoms with Crippen LogP contribution in [-0.2, 0) is 24.5 Å². The lowest BCUT2D eigenvalue weighted by molar-refractivity contribution is 0.0951. The Morgan fingerprint density at radius 1 is 1.08 bits per heavy atom. The van der Waals surface area contributed by atoms with Crippen LogP contribution in [0.15, 0.2) is 58.8 Å². The summed E-state index contributed by atoms with van der Waals surface area (Å²) in [7, 11) is 1.57. The highest BCUT2D eigenvalue weighted by Crippen LogP contribution is 2.31. The molecule has 1 atom stereocenters. The number of carbonyl (C=O) groups is 1. The van der Waals surface area contributed by atoms with Gasteiger partial charge < -0.3 is 29.4 Å². The Labute approximate surface area is 224 Å². The molecule has 10 heteroatoms. The van der Waals surface area contributed by atoms with Gasteiger partial charge in [0, 0.05) is 42.2 Å². The van der Waals surface area contributed by atoms with Gasteiger partial charge in [-0.25, -0.2) is 0 Å². The number of piperidine rings is 1. The SMILES string of the molecule is COc1cccc(C(=O)NCc2ccc([S+]([O-])N3CCC(NCc4ccc5c(c4)OCCO5)CC3)s2)c1. The maximum atomic E-state index is 13.2. The molecule has 5 rings (SSSR count). The summed E-state index contributed by atoms with van der Waals surface area (Å²) in [5.41, 5.74) is 1.71. The van der Waals surface area contributed by atoms with Crippen molar-refractivity contribution >= 4 is 28.6 Å². The molecule has 2 aromatic carbocycles. The molecule has 3 aromatic rings. The summed E-state index contributed by atoms with van der Waals surface area (Å²) in [6.07, 6.45) is 1.87. The van der Waals surface area contributed by atoms with Crippen LogP contribution >= 0.6 is 11.3 Å². The maximum Gasteiger partial charge on any atom is 0.251 e. The number of carbonyl (C=O) groups excluding carboxylic acids is 1. The van der Waals surface area contributed by atoms with Crippen LogP contribution in [0.3, 0.4) is 0 Å². The number of ether oxygens (including phenoxy) is 3. The largest absolute Gasteiger partial charge is 0.592 e. The van der Waals surface area contributed by atoms with Gasteiger partial charge in [0.1, 0.15) is 19.0 Å². The molecule has 2 aliphatic rings. The molecule has 2 N–H and O–H groups in total. The first-order chi connectivity index (χ1) is 18.1. The average molecular weight is 542 g/mol. The van der Waals surface area contributed by atoms with E-state index in [2.05, 4.69) is 16.7 Å². The first-order valence-electron chi connectivity index (χ1n) is 12.4. The van der Waals surface area contributed by atoms with Crippen LogP contribution < -0.4 is 24.8 Å². The van der Waals surface area contributed by atoms with E-state index in [1.54, 1.807) is 31.4 Å². The van der Waals surface area contributed by atoms with E-state index in [1.807, 2.05) is 28.6 Å². The minimum Gasteiger partial charge on any atom is -0.592 e. The van der Waals surface area contributed by atoms with Gasteiger partial charge in [-0.1, -0.05) is 23.5 Å². The van der Waals surface area contributed by atoms with E-state index >= 15 is 0 Å². The van der Waals surface area contributed by atoms with Crippen LogP contribution in [0.1, 0.15) is 33.6 Å². The third-order valence-electron chi connectivity index (χ3n) is 6.45. The summed E-state index contributed by atoms with van der Waals surface area (Å²) in [5.74, 6) is 2.09. The molecule has 0 bridgehead atoms. The number of rotatable bonds is 9. The molecule has 0 spiro atoms. The second kappa shape index (κ2) is 12.2. The van der Waals surface area contributed by atoms with Crippen molar-refractivity contribution in [3.63, 3.8) is 0 Å². The van der Waals surface area contributed by atoms with Gasteiger partial charge in [0.2, 0.25) is 4.21 Å². The zero-order chi connectivity index (χ0) is 25.6. The Hall–Kier alpha value is -2.76. The molecular weight excluding hydrogens is 510 g/mol. The molecule has 1 unspecified atom stereocenters. The van der Waals surface area contributed by atoms with Crippen molar-refractivity contribution in [2.75, 3.05) is 33.4 Å². The number of nitrogens with one attached hydrogen (secondary N) is 2. The third-order valence-corrected chi connectivity index (χ3v) is 9.33. The number of hydrogen-bond donors (Lipinski definition) is 2. The van der Waals surface area contributed by atoms with Crippen molar-refractivity contribution in [2.24, 2.45) is 0 Å². The molecule has 0 saturated carbocycles. The first-order valence-corrected chi connectivity index (χ1v) is 14.3. The molecule has 1 aromatic heterocycles. The van der Waals surface area contributed by atoms with Crippen LogP contribution in [-0.4, -0.2) is 54.2 Å². The van der Waals surface area contributed by atoms with E-state index in [4.69, 9.17) is 14.2 Å². The molecule has 8 nitrogen and oxygen atoms in total. The number of hydrogen-bond acceptors (Lipinski definition) is 8. The van der Waals surface area contributed by atoms with Crippen molar-refractivity contribution in [2.45, 2.75) is 36.2 Å². The fourth-order valence-electron chi connectivity index (χ4n) is 4.39. The molecule has 196 valence electrons. The van der Waals surface area contributed by atoms with Crippen molar-refractivity contribution in [1.29, 1.82) is 0 Å². The predicted octanol–water partition coefficient (Wildman–Crippen LogP) is 3.73. The van der Waals surface area contributed by atoms with Gasteiger partial charge in [0.05, 0.1) is 25.0 Å². The summed E-state index contributed by atoms with van der Waals surface area (Å²) in [6, 6.07) is 17.3. The van der Waals surface area contributed by atoms with Crippen molar-refractivity contribution in [3.05, 3.63) is 70.6 Å². The van der Waals surface area contributed by atoms with Crippen LogP contribution in [0.2, 0.25) is 0 Å². The second-order valence-corrected chi connectivity index (χ2v) is 11.8. The lowest BCUT2D eigenvalue weighted by Gasteiger charge is -2.31. The smallest absolute Gasteiger partial charge is 0.251 e. The fourth-order valence-corrected chi connectivity index (χ4v) is 6.97. The molecule has 2 aliphatic heterocycles. The Balaban J connectivity index is 1.07. The first kappa shape index (κ1) is 25.9. The standard InChI is InChI=1S/C27H31N3O5S2/c1-33-22-4-2-3-20(16-22)27(31)29-18-23-6-8-26(36-23)37(32)30-11-9-21(10-12-30)28-17-19-5-7-24-25(15-19)35-14-13-34-24/h2-8,15-16,21,28H,9-14,17-18H2,1H3,(H,29,31). The molecule has 37 heavy (non-hydrogen) atoms. The maximum absolute atomic E-state index is 13.2. The molecular formula is C27H31N3O5S2. The Kier molecular flexibility index (Phi) is 8.52. The minimum absolute atomic E-state index is 0.166. The van der Waals surface area contributed by atoms with E-state index < -0.39 is 11.4 Å². The van der Waals surface area contributed by atoms with Gasteiger partial charge in [-0.2, -0.15) is 0 Å². The van der Waals surface area contributed by atoms with Gasteiger partial charge in [0.25, 0.3) is 5.91 Å². The van der Waals surface area contributed by atoms with E-state index in [9.17, 15) is 9.35 Å². The molecule has 0 aliphatic carbocycles. The zero-order valence-corrected chi connectivity index (χ0v) is 22.4. The van der Waals surface area contributed by atoms with E-state index in [-0.39, 0.29) is 5.91 Å². The Morgan fingerprint density at radius 3 is 2.70 bits per heavy atom. The Bertz CT molecular complexity index is 1210. The van der Waals surface area contributed by atoms with Crippen LogP contribution in [0.25, 0.3) is 0 Å². The number of thiophene rings is 1. The van der Waals surface area contributed by atoms with Crippen LogP contribution in [0.5, 0.6) is 17.2 Å². The molecule has 1 amide bonds. The van der Waals surface area contributed by atoms with Gasteiger partial charge in [0.15, 0.2) is 11.5 Å². The van der Waals surface area contributed by atoms with E-state index in [0.717, 1.165) is 53.1 Å². The van der Waals surface area contributed by atoms with Crippen molar-refractivity contribution < 1.29 is 23.6 Å². The third kappa shape index (κ3) is 6.58. The monoisotopic (exact) mass is 541 g/mol. The zero-order valence-electron chi connectivity index (χ0n) is 20.7. The predicted molar refractivity (Wildman–Crippen MR) is 144 cm³/mol. The summed E-state index contributed by atoms with van der Waals surface area (Å²) < 4.78 is 32.5. The molecule has 0 radical (unpaired) electrons.